The lowest BCUT2D eigenvalue weighted by molar-refractivity contribution is 0.389. The Kier molecular flexibility index (Phi) is 3.47. The van der Waals surface area contributed by atoms with Crippen LogP contribution < -0.4 is 4.90 Å². The number of anilines is 1. The molecule has 0 N–H and O–H groups in total. The standard InChI is InChI=1S/C14H18N4O3S2/c1-9-13(10(2)21-16-9)23(19,20)18-7-11-5-17(6-12(11)8-18)14-15-3-4-22-14/h3-4,11-12H,5-8H2,1-2H3. The zero-order chi connectivity index (χ0) is 16.2. The minimum absolute atomic E-state index is 0.231. The number of aromatic nitrogens is 2. The lowest BCUT2D eigenvalue weighted by Crippen LogP contribution is -2.33. The summed E-state index contributed by atoms with van der Waals surface area (Å²) in [7, 11) is -3.52. The van der Waals surface area contributed by atoms with Crippen LogP contribution in [0.2, 0.25) is 0 Å². The van der Waals surface area contributed by atoms with Crippen LogP contribution >= 0.6 is 11.3 Å². The summed E-state index contributed by atoms with van der Waals surface area (Å²) in [5.41, 5.74) is 0.434. The molecule has 23 heavy (non-hydrogen) atoms. The van der Waals surface area contributed by atoms with Gasteiger partial charge in [-0.25, -0.2) is 13.4 Å². The van der Waals surface area contributed by atoms with Crippen molar-refractivity contribution in [3.05, 3.63) is 23.0 Å². The highest BCUT2D eigenvalue weighted by molar-refractivity contribution is 7.89. The Morgan fingerprint density at radius 2 is 1.91 bits per heavy atom. The van der Waals surface area contributed by atoms with Crippen molar-refractivity contribution in [1.29, 1.82) is 0 Å². The van der Waals surface area contributed by atoms with Crippen molar-refractivity contribution in [2.45, 2.75) is 18.7 Å². The molecule has 2 unspecified atom stereocenters. The molecule has 0 bridgehead atoms. The molecule has 2 saturated heterocycles. The fraction of sp³-hybridized carbons (Fsp3) is 0.571. The fourth-order valence-corrected chi connectivity index (χ4v) is 6.15. The number of hydrogen-bond acceptors (Lipinski definition) is 7. The summed E-state index contributed by atoms with van der Waals surface area (Å²) in [6.45, 7) is 6.16. The molecule has 4 heterocycles. The number of rotatable bonds is 3. The summed E-state index contributed by atoms with van der Waals surface area (Å²) in [5, 5.41) is 6.77. The predicted molar refractivity (Wildman–Crippen MR) is 86.0 cm³/mol. The first-order chi connectivity index (χ1) is 11.0. The summed E-state index contributed by atoms with van der Waals surface area (Å²) in [5.74, 6) is 1.08. The summed E-state index contributed by atoms with van der Waals surface area (Å²) in [6, 6.07) is 0. The molecule has 2 aliphatic heterocycles. The monoisotopic (exact) mass is 354 g/mol. The van der Waals surface area contributed by atoms with Crippen LogP contribution in [0.4, 0.5) is 5.13 Å². The molecule has 0 radical (unpaired) electrons. The second-order valence-corrected chi connectivity index (χ2v) is 8.96. The van der Waals surface area contributed by atoms with Crippen LogP contribution in [0.1, 0.15) is 11.5 Å². The minimum Gasteiger partial charge on any atom is -0.360 e. The Labute approximate surface area is 139 Å². The van der Waals surface area contributed by atoms with Crippen molar-refractivity contribution >= 4 is 26.5 Å². The SMILES string of the molecule is Cc1noc(C)c1S(=O)(=O)N1CC2CN(c3nccs3)CC2C1. The molecule has 7 nitrogen and oxygen atoms in total. The summed E-state index contributed by atoms with van der Waals surface area (Å²) < 4.78 is 32.4. The number of nitrogens with zero attached hydrogens (tertiary/aromatic N) is 4. The van der Waals surface area contributed by atoms with Gasteiger partial charge in [0, 0.05) is 37.8 Å². The highest BCUT2D eigenvalue weighted by atomic mass is 32.2. The maximum absolute atomic E-state index is 12.9. The normalized spacial score (nSPS) is 25.2. The first-order valence-electron chi connectivity index (χ1n) is 7.54. The Balaban J connectivity index is 1.53. The fourth-order valence-electron chi connectivity index (χ4n) is 3.65. The van der Waals surface area contributed by atoms with Gasteiger partial charge in [0.2, 0.25) is 10.0 Å². The molecule has 2 fully saturated rings. The van der Waals surface area contributed by atoms with Gasteiger partial charge in [-0.3, -0.25) is 0 Å². The number of fused-ring (bicyclic) bond motifs is 1. The van der Waals surface area contributed by atoms with Gasteiger partial charge in [0.05, 0.1) is 0 Å². The zero-order valence-electron chi connectivity index (χ0n) is 13.0. The average molecular weight is 354 g/mol. The first kappa shape index (κ1) is 15.1. The van der Waals surface area contributed by atoms with Gasteiger partial charge in [-0.05, 0) is 25.7 Å². The van der Waals surface area contributed by atoms with Gasteiger partial charge in [0.1, 0.15) is 10.6 Å². The largest absolute Gasteiger partial charge is 0.360 e. The predicted octanol–water partition coefficient (Wildman–Crippen LogP) is 1.50. The number of sulfonamides is 1. The van der Waals surface area contributed by atoms with E-state index in [2.05, 4.69) is 15.0 Å². The molecule has 9 heteroatoms. The Morgan fingerprint density at radius 3 is 2.43 bits per heavy atom. The first-order valence-corrected chi connectivity index (χ1v) is 9.86. The van der Waals surface area contributed by atoms with Crippen molar-refractivity contribution in [2.24, 2.45) is 11.8 Å². The van der Waals surface area contributed by atoms with E-state index in [1.807, 2.05) is 11.6 Å². The molecule has 0 aromatic carbocycles. The molecule has 4 rings (SSSR count). The second kappa shape index (κ2) is 5.29. The van der Waals surface area contributed by atoms with Crippen LogP contribution in [0.25, 0.3) is 0 Å². The summed E-state index contributed by atoms with van der Waals surface area (Å²) >= 11 is 1.63. The molecule has 2 aliphatic rings. The zero-order valence-corrected chi connectivity index (χ0v) is 14.6. The molecule has 0 amide bonds. The van der Waals surface area contributed by atoms with E-state index in [0.29, 0.717) is 36.4 Å². The van der Waals surface area contributed by atoms with Gasteiger partial charge in [0.25, 0.3) is 0 Å². The van der Waals surface area contributed by atoms with E-state index in [4.69, 9.17) is 4.52 Å². The van der Waals surface area contributed by atoms with Crippen LogP contribution in [-0.2, 0) is 10.0 Å². The maximum Gasteiger partial charge on any atom is 0.248 e. The Morgan fingerprint density at radius 1 is 1.22 bits per heavy atom. The molecular formula is C14H18N4O3S2. The lowest BCUT2D eigenvalue weighted by atomic mass is 10.0. The number of hydrogen-bond donors (Lipinski definition) is 0. The molecular weight excluding hydrogens is 336 g/mol. The van der Waals surface area contributed by atoms with Crippen LogP contribution in [0.5, 0.6) is 0 Å². The molecule has 2 atom stereocenters. The van der Waals surface area contributed by atoms with Crippen LogP contribution in [0, 0.1) is 25.7 Å². The highest BCUT2D eigenvalue weighted by Crippen LogP contribution is 2.37. The highest BCUT2D eigenvalue weighted by Gasteiger charge is 2.45. The van der Waals surface area contributed by atoms with Crippen molar-refractivity contribution in [2.75, 3.05) is 31.1 Å². The number of aryl methyl sites for hydroxylation is 2. The molecule has 124 valence electrons. The third kappa shape index (κ3) is 2.38. The molecule has 0 spiro atoms. The summed E-state index contributed by atoms with van der Waals surface area (Å²) in [4.78, 5) is 6.84. The topological polar surface area (TPSA) is 79.5 Å². The molecule has 2 aromatic rings. The van der Waals surface area contributed by atoms with E-state index in [0.717, 1.165) is 18.2 Å². The summed E-state index contributed by atoms with van der Waals surface area (Å²) in [6.07, 6.45) is 1.81. The molecule has 2 aromatic heterocycles. The van der Waals surface area contributed by atoms with Crippen LogP contribution in [0.15, 0.2) is 21.0 Å². The van der Waals surface area contributed by atoms with Gasteiger partial charge in [-0.1, -0.05) is 5.16 Å². The van der Waals surface area contributed by atoms with Crippen molar-refractivity contribution in [3.63, 3.8) is 0 Å². The van der Waals surface area contributed by atoms with E-state index in [-0.39, 0.29) is 4.90 Å². The average Bonchev–Trinajstić information content (AvgIpc) is 3.20. The van der Waals surface area contributed by atoms with E-state index >= 15 is 0 Å². The van der Waals surface area contributed by atoms with E-state index in [9.17, 15) is 8.42 Å². The third-order valence-electron chi connectivity index (χ3n) is 4.71. The van der Waals surface area contributed by atoms with E-state index < -0.39 is 10.0 Å². The second-order valence-electron chi connectivity index (χ2n) is 6.22. The Hall–Kier alpha value is -1.45. The van der Waals surface area contributed by atoms with Gasteiger partial charge in [-0.2, -0.15) is 4.31 Å². The lowest BCUT2D eigenvalue weighted by Gasteiger charge is -2.20. The minimum atomic E-state index is -3.52. The maximum atomic E-state index is 12.9. The van der Waals surface area contributed by atoms with Gasteiger partial charge >= 0.3 is 0 Å². The number of thiazole rings is 1. The molecule has 0 aliphatic carbocycles. The van der Waals surface area contributed by atoms with Crippen molar-refractivity contribution in [3.8, 4) is 0 Å². The van der Waals surface area contributed by atoms with E-state index in [1.165, 1.54) is 0 Å². The van der Waals surface area contributed by atoms with Gasteiger partial charge < -0.3 is 9.42 Å². The van der Waals surface area contributed by atoms with Crippen LogP contribution in [0.3, 0.4) is 0 Å². The third-order valence-corrected chi connectivity index (χ3v) is 7.62. The van der Waals surface area contributed by atoms with Gasteiger partial charge in [0.15, 0.2) is 10.9 Å². The van der Waals surface area contributed by atoms with Gasteiger partial charge in [-0.15, -0.1) is 11.3 Å². The van der Waals surface area contributed by atoms with E-state index in [1.54, 1.807) is 29.5 Å². The smallest absolute Gasteiger partial charge is 0.248 e. The van der Waals surface area contributed by atoms with Crippen LogP contribution in [-0.4, -0.2) is 49.0 Å². The van der Waals surface area contributed by atoms with Crippen molar-refractivity contribution < 1.29 is 12.9 Å². The van der Waals surface area contributed by atoms with Crippen molar-refractivity contribution in [1.82, 2.24) is 14.4 Å². The quantitative estimate of drug-likeness (QED) is 0.831. The molecule has 0 saturated carbocycles. The Bertz CT molecular complexity index is 782.